The topological polar surface area (TPSA) is 83.5 Å². The lowest BCUT2D eigenvalue weighted by Gasteiger charge is -2.15. The molecule has 0 fully saturated rings. The monoisotopic (exact) mass is 341 g/mol. The molecule has 2 aromatic carbocycles. The number of hydrogen-bond acceptors (Lipinski definition) is 3. The number of sulfonamides is 1. The van der Waals surface area contributed by atoms with Gasteiger partial charge in [-0.15, -0.1) is 0 Å². The lowest BCUT2D eigenvalue weighted by molar-refractivity contribution is -0.138. The minimum absolute atomic E-state index is 0.113. The largest absolute Gasteiger partial charge is 0.480 e. The van der Waals surface area contributed by atoms with Crippen LogP contribution < -0.4 is 4.72 Å². The molecule has 0 saturated heterocycles. The molecule has 122 valence electrons. The highest BCUT2D eigenvalue weighted by atomic mass is 32.2. The summed E-state index contributed by atoms with van der Waals surface area (Å²) in [4.78, 5) is 10.5. The summed E-state index contributed by atoms with van der Waals surface area (Å²) in [5.74, 6) is -3.62. The summed E-state index contributed by atoms with van der Waals surface area (Å²) in [6.07, 6.45) is -0.113. The highest BCUT2D eigenvalue weighted by molar-refractivity contribution is 7.89. The third kappa shape index (κ3) is 4.33. The number of carboxylic acid groups (broad SMARTS) is 1. The van der Waals surface area contributed by atoms with Gasteiger partial charge in [-0.1, -0.05) is 30.3 Å². The van der Waals surface area contributed by atoms with Crippen LogP contribution in [0.25, 0.3) is 0 Å². The summed E-state index contributed by atoms with van der Waals surface area (Å²) in [5.41, 5.74) is 0.599. The molecule has 23 heavy (non-hydrogen) atoms. The van der Waals surface area contributed by atoms with Crippen molar-refractivity contribution in [2.24, 2.45) is 0 Å². The van der Waals surface area contributed by atoms with E-state index in [4.69, 9.17) is 0 Å². The van der Waals surface area contributed by atoms with Gasteiger partial charge in [-0.2, -0.15) is 4.72 Å². The van der Waals surface area contributed by atoms with Crippen LogP contribution in [0.1, 0.15) is 5.56 Å². The Morgan fingerprint density at radius 2 is 1.78 bits per heavy atom. The molecule has 0 heterocycles. The van der Waals surface area contributed by atoms with Crippen molar-refractivity contribution in [3.63, 3.8) is 0 Å². The summed E-state index contributed by atoms with van der Waals surface area (Å²) >= 11 is 0. The number of rotatable bonds is 6. The van der Waals surface area contributed by atoms with Crippen LogP contribution in [0.2, 0.25) is 0 Å². The zero-order valence-corrected chi connectivity index (χ0v) is 12.6. The molecule has 0 radical (unpaired) electrons. The van der Waals surface area contributed by atoms with Gasteiger partial charge in [-0.05, 0) is 24.1 Å². The number of halogens is 2. The van der Waals surface area contributed by atoms with Crippen molar-refractivity contribution < 1.29 is 27.1 Å². The quantitative estimate of drug-likeness (QED) is 0.841. The number of aliphatic carboxylic acids is 1. The lowest BCUT2D eigenvalue weighted by atomic mass is 10.1. The minimum atomic E-state index is -4.44. The standard InChI is InChI=1S/C15H13F2NO4S/c16-11-6-7-14(12(17)9-11)23(21,22)18-13(15(19)20)8-10-4-2-1-3-5-10/h1-7,9,13,18H,8H2,(H,19,20)/t13-/m1/s1. The number of benzene rings is 2. The van der Waals surface area contributed by atoms with Gasteiger partial charge in [0.05, 0.1) is 0 Å². The molecule has 0 amide bonds. The van der Waals surface area contributed by atoms with Crippen LogP contribution in [0.4, 0.5) is 8.78 Å². The molecule has 0 unspecified atom stereocenters. The van der Waals surface area contributed by atoms with Crippen molar-refractivity contribution in [2.45, 2.75) is 17.4 Å². The number of nitrogens with one attached hydrogen (secondary N) is 1. The molecule has 1 atom stereocenters. The SMILES string of the molecule is O=C(O)[C@@H](Cc1ccccc1)NS(=O)(=O)c1ccc(F)cc1F. The van der Waals surface area contributed by atoms with Gasteiger partial charge in [-0.25, -0.2) is 17.2 Å². The van der Waals surface area contributed by atoms with Crippen LogP contribution in [-0.4, -0.2) is 25.5 Å². The predicted octanol–water partition coefficient (Wildman–Crippen LogP) is 1.94. The Kier molecular flexibility index (Phi) is 5.07. The molecule has 2 N–H and O–H groups in total. The Hall–Kier alpha value is -2.32. The van der Waals surface area contributed by atoms with Crippen molar-refractivity contribution in [2.75, 3.05) is 0 Å². The van der Waals surface area contributed by atoms with E-state index in [0.717, 1.165) is 12.1 Å². The molecular formula is C15H13F2NO4S. The van der Waals surface area contributed by atoms with Crippen LogP contribution in [0.5, 0.6) is 0 Å². The van der Waals surface area contributed by atoms with Gasteiger partial charge < -0.3 is 5.11 Å². The van der Waals surface area contributed by atoms with Gasteiger partial charge in [0.25, 0.3) is 0 Å². The first-order chi connectivity index (χ1) is 10.8. The van der Waals surface area contributed by atoms with E-state index in [1.807, 2.05) is 4.72 Å². The predicted molar refractivity (Wildman–Crippen MR) is 78.2 cm³/mol. The van der Waals surface area contributed by atoms with Gasteiger partial charge >= 0.3 is 5.97 Å². The average molecular weight is 341 g/mol. The normalized spacial score (nSPS) is 12.8. The van der Waals surface area contributed by atoms with Crippen LogP contribution in [0.15, 0.2) is 53.4 Å². The van der Waals surface area contributed by atoms with E-state index in [0.29, 0.717) is 11.6 Å². The van der Waals surface area contributed by atoms with E-state index < -0.39 is 38.6 Å². The summed E-state index contributed by atoms with van der Waals surface area (Å²) < 4.78 is 52.7. The maximum atomic E-state index is 13.6. The van der Waals surface area contributed by atoms with E-state index in [9.17, 15) is 27.1 Å². The maximum absolute atomic E-state index is 13.6. The molecule has 0 aliphatic rings. The summed E-state index contributed by atoms with van der Waals surface area (Å²) in [7, 11) is -4.44. The smallest absolute Gasteiger partial charge is 0.322 e. The molecule has 8 heteroatoms. The number of carbonyl (C=O) groups is 1. The molecule has 0 aliphatic carbocycles. The second kappa shape index (κ2) is 6.84. The van der Waals surface area contributed by atoms with Crippen molar-refractivity contribution in [1.82, 2.24) is 4.72 Å². The fourth-order valence-electron chi connectivity index (χ4n) is 1.97. The van der Waals surface area contributed by atoms with Gasteiger partial charge in [0.2, 0.25) is 10.0 Å². The Bertz CT molecular complexity index is 809. The highest BCUT2D eigenvalue weighted by Crippen LogP contribution is 2.16. The molecule has 0 bridgehead atoms. The van der Waals surface area contributed by atoms with Crippen molar-refractivity contribution in [3.05, 3.63) is 65.7 Å². The summed E-state index contributed by atoms with van der Waals surface area (Å²) in [5, 5.41) is 9.18. The zero-order chi connectivity index (χ0) is 17.0. The van der Waals surface area contributed by atoms with Gasteiger partial charge in [-0.3, -0.25) is 4.79 Å². The fourth-order valence-corrected chi connectivity index (χ4v) is 3.22. The van der Waals surface area contributed by atoms with Crippen molar-refractivity contribution >= 4 is 16.0 Å². The molecule has 0 aromatic heterocycles. The average Bonchev–Trinajstić information content (AvgIpc) is 2.46. The van der Waals surface area contributed by atoms with Crippen LogP contribution in [0, 0.1) is 11.6 Å². The molecule has 0 aliphatic heterocycles. The Morgan fingerprint density at radius 3 is 2.35 bits per heavy atom. The highest BCUT2D eigenvalue weighted by Gasteiger charge is 2.27. The summed E-state index contributed by atoms with van der Waals surface area (Å²) in [6, 6.07) is 8.85. The number of carboxylic acids is 1. The van der Waals surface area contributed by atoms with Crippen molar-refractivity contribution in [3.8, 4) is 0 Å². The first-order valence-corrected chi connectivity index (χ1v) is 8.02. The zero-order valence-electron chi connectivity index (χ0n) is 11.7. The van der Waals surface area contributed by atoms with E-state index in [1.54, 1.807) is 30.3 Å². The maximum Gasteiger partial charge on any atom is 0.322 e. The van der Waals surface area contributed by atoms with Crippen molar-refractivity contribution in [1.29, 1.82) is 0 Å². The third-order valence-corrected chi connectivity index (χ3v) is 4.57. The molecule has 5 nitrogen and oxygen atoms in total. The van der Waals surface area contributed by atoms with E-state index in [2.05, 4.69) is 0 Å². The van der Waals surface area contributed by atoms with E-state index in [-0.39, 0.29) is 6.42 Å². The fraction of sp³-hybridized carbons (Fsp3) is 0.133. The second-order valence-electron chi connectivity index (χ2n) is 4.78. The number of hydrogen-bond donors (Lipinski definition) is 2. The Morgan fingerprint density at radius 1 is 1.13 bits per heavy atom. The van der Waals surface area contributed by atoms with Crippen LogP contribution >= 0.6 is 0 Å². The first kappa shape index (κ1) is 17.0. The van der Waals surface area contributed by atoms with Gasteiger partial charge in [0.1, 0.15) is 22.6 Å². The molecule has 2 rings (SSSR count). The molecule has 2 aromatic rings. The Labute approximate surface area is 131 Å². The molecule has 0 saturated carbocycles. The van der Waals surface area contributed by atoms with Gasteiger partial charge in [0.15, 0.2) is 0 Å². The van der Waals surface area contributed by atoms with E-state index in [1.165, 1.54) is 0 Å². The molecular weight excluding hydrogens is 328 g/mol. The molecule has 0 spiro atoms. The Balaban J connectivity index is 2.26. The van der Waals surface area contributed by atoms with Crippen LogP contribution in [-0.2, 0) is 21.2 Å². The second-order valence-corrected chi connectivity index (χ2v) is 6.46. The minimum Gasteiger partial charge on any atom is -0.480 e. The summed E-state index contributed by atoms with van der Waals surface area (Å²) in [6.45, 7) is 0. The van der Waals surface area contributed by atoms with E-state index >= 15 is 0 Å². The third-order valence-electron chi connectivity index (χ3n) is 3.06. The first-order valence-electron chi connectivity index (χ1n) is 6.54. The van der Waals surface area contributed by atoms with Gasteiger partial charge in [0, 0.05) is 6.07 Å². The van der Waals surface area contributed by atoms with Crippen LogP contribution in [0.3, 0.4) is 0 Å². The lowest BCUT2D eigenvalue weighted by Crippen LogP contribution is -2.42.